The first-order valence-corrected chi connectivity index (χ1v) is 14.3. The molecule has 7 rings (SSSR count). The van der Waals surface area contributed by atoms with Crippen LogP contribution in [0.1, 0.15) is 41.7 Å². The first kappa shape index (κ1) is 25.5. The Balaban J connectivity index is 1.36. The number of hydrogen-bond donors (Lipinski definition) is 1. The third kappa shape index (κ3) is 4.26. The van der Waals surface area contributed by atoms with E-state index in [1.165, 1.54) is 28.5 Å². The van der Waals surface area contributed by atoms with Crippen LogP contribution in [-0.2, 0) is 12.7 Å². The van der Waals surface area contributed by atoms with Crippen molar-refractivity contribution in [3.8, 4) is 16.9 Å². The third-order valence-electron chi connectivity index (χ3n) is 8.53. The second kappa shape index (κ2) is 9.31. The van der Waals surface area contributed by atoms with Crippen LogP contribution in [0.25, 0.3) is 21.3 Å². The Hall–Kier alpha value is -3.44. The van der Waals surface area contributed by atoms with Crippen molar-refractivity contribution in [3.05, 3.63) is 69.1 Å². The number of nitrogens with zero attached hydrogens (tertiary/aromatic N) is 4. The van der Waals surface area contributed by atoms with Crippen molar-refractivity contribution in [1.82, 2.24) is 20.1 Å². The van der Waals surface area contributed by atoms with Crippen molar-refractivity contribution in [2.24, 2.45) is 0 Å². The highest BCUT2D eigenvalue weighted by atomic mass is 32.1. The average Bonchev–Trinajstić information content (AvgIpc) is 3.54. The van der Waals surface area contributed by atoms with Gasteiger partial charge in [-0.3, -0.25) is 9.78 Å². The van der Waals surface area contributed by atoms with E-state index in [2.05, 4.69) is 20.3 Å². The summed E-state index contributed by atoms with van der Waals surface area (Å²) in [5, 5.41) is 7.90. The molecule has 1 saturated heterocycles. The molecule has 4 aromatic rings. The van der Waals surface area contributed by atoms with Gasteiger partial charge in [-0.2, -0.15) is 18.3 Å². The minimum Gasteiger partial charge on any atom is -0.490 e. The summed E-state index contributed by atoms with van der Waals surface area (Å²) in [5.41, 5.74) is 2.38. The highest BCUT2D eigenvalue weighted by molar-refractivity contribution is 7.19. The largest absolute Gasteiger partial charge is 0.490 e. The van der Waals surface area contributed by atoms with E-state index in [9.17, 15) is 18.0 Å². The zero-order chi connectivity index (χ0) is 27.6. The van der Waals surface area contributed by atoms with Crippen molar-refractivity contribution in [2.75, 3.05) is 24.6 Å². The molecule has 0 amide bonds. The molecule has 5 heterocycles. The van der Waals surface area contributed by atoms with E-state index in [0.717, 1.165) is 41.5 Å². The predicted octanol–water partition coefficient (Wildman–Crippen LogP) is 5.38. The maximum atomic E-state index is 14.1. The maximum absolute atomic E-state index is 14.1. The molecule has 0 radical (unpaired) electrons. The van der Waals surface area contributed by atoms with Gasteiger partial charge < -0.3 is 15.0 Å². The molecule has 7 nitrogen and oxygen atoms in total. The number of halogens is 3. The Kier molecular flexibility index (Phi) is 5.94. The van der Waals surface area contributed by atoms with E-state index in [0.29, 0.717) is 41.0 Å². The molecule has 1 saturated carbocycles. The number of alkyl halides is 3. The van der Waals surface area contributed by atoms with E-state index in [4.69, 9.17) is 4.74 Å². The van der Waals surface area contributed by atoms with Gasteiger partial charge in [0.15, 0.2) is 0 Å². The number of ether oxygens (including phenoxy) is 1. The van der Waals surface area contributed by atoms with E-state index in [-0.39, 0.29) is 29.4 Å². The Labute approximate surface area is 232 Å². The molecular weight excluding hydrogens is 539 g/mol. The van der Waals surface area contributed by atoms with Gasteiger partial charge in [0, 0.05) is 52.1 Å². The lowest BCUT2D eigenvalue weighted by Gasteiger charge is -2.41. The van der Waals surface area contributed by atoms with Gasteiger partial charge in [0.25, 0.3) is 5.56 Å². The fourth-order valence-electron chi connectivity index (χ4n) is 6.34. The third-order valence-corrected chi connectivity index (χ3v) is 9.67. The average molecular weight is 568 g/mol. The van der Waals surface area contributed by atoms with Gasteiger partial charge in [-0.05, 0) is 62.9 Å². The number of benzene rings is 1. The van der Waals surface area contributed by atoms with Crippen molar-refractivity contribution < 1.29 is 17.9 Å². The smallest absolute Gasteiger partial charge is 0.416 e. The van der Waals surface area contributed by atoms with Crippen molar-refractivity contribution in [1.29, 1.82) is 0 Å². The van der Waals surface area contributed by atoms with Gasteiger partial charge in [0.05, 0.1) is 34.6 Å². The summed E-state index contributed by atoms with van der Waals surface area (Å²) < 4.78 is 50.4. The Morgan fingerprint density at radius 3 is 2.77 bits per heavy atom. The number of aryl methyl sites for hydroxylation is 1. The van der Waals surface area contributed by atoms with Crippen molar-refractivity contribution >= 4 is 27.2 Å². The van der Waals surface area contributed by atoms with Crippen LogP contribution in [-0.4, -0.2) is 46.0 Å². The lowest BCUT2D eigenvalue weighted by atomic mass is 9.75. The van der Waals surface area contributed by atoms with Gasteiger partial charge in [-0.15, -0.1) is 11.3 Å². The van der Waals surface area contributed by atoms with Crippen LogP contribution in [0, 0.1) is 6.92 Å². The molecule has 2 fully saturated rings. The zero-order valence-corrected chi connectivity index (χ0v) is 22.7. The first-order valence-electron chi connectivity index (χ1n) is 13.5. The molecule has 1 N–H and O–H groups in total. The summed E-state index contributed by atoms with van der Waals surface area (Å²) in [5.74, 6) is 0.267. The molecule has 11 heteroatoms. The zero-order valence-electron chi connectivity index (χ0n) is 21.9. The molecule has 2 aliphatic heterocycles. The second-order valence-electron chi connectivity index (χ2n) is 11.0. The number of pyridine rings is 1. The number of aromatic nitrogens is 3. The molecular formula is C29H28F3N5O2S. The highest BCUT2D eigenvalue weighted by Gasteiger charge is 2.46. The lowest BCUT2D eigenvalue weighted by molar-refractivity contribution is -0.137. The van der Waals surface area contributed by atoms with Crippen LogP contribution in [0.3, 0.4) is 0 Å². The van der Waals surface area contributed by atoms with Gasteiger partial charge in [0.2, 0.25) is 0 Å². The SMILES string of the molecule is Cc1ccnn(Cc2cc3nccc(-c4cc(C(F)(F)F)cc5c4N([C@@H]4CNC6(CCC6)C4)CCO5)c3s2)c1=O. The molecule has 3 aliphatic rings. The van der Waals surface area contributed by atoms with Crippen LogP contribution < -0.4 is 20.5 Å². The second-order valence-corrected chi connectivity index (χ2v) is 12.2. The molecule has 0 unspecified atom stereocenters. The number of hydrogen-bond acceptors (Lipinski definition) is 7. The predicted molar refractivity (Wildman–Crippen MR) is 148 cm³/mol. The number of nitrogens with one attached hydrogen (secondary N) is 1. The lowest BCUT2D eigenvalue weighted by Crippen LogP contribution is -2.46. The number of thiophene rings is 1. The fraction of sp³-hybridized carbons (Fsp3) is 0.414. The summed E-state index contributed by atoms with van der Waals surface area (Å²) in [6.45, 7) is 3.74. The first-order chi connectivity index (χ1) is 19.2. The number of fused-ring (bicyclic) bond motifs is 2. The van der Waals surface area contributed by atoms with Crippen LogP contribution in [0.2, 0.25) is 0 Å². The summed E-state index contributed by atoms with van der Waals surface area (Å²) in [6, 6.07) is 7.90. The van der Waals surface area contributed by atoms with E-state index in [1.807, 2.05) is 6.07 Å². The monoisotopic (exact) mass is 567 g/mol. The van der Waals surface area contributed by atoms with Gasteiger partial charge in [-0.25, -0.2) is 4.68 Å². The van der Waals surface area contributed by atoms with E-state index >= 15 is 0 Å². The normalized spacial score (nSPS) is 20.0. The standard InChI is InChI=1S/C29H28F3N5O2S/c1-17-3-8-35-37(27(17)38)16-20-13-23-26(40-20)21(4-7-33-23)22-11-18(29(30,31)32)12-24-25(22)36(9-10-39-24)19-14-28(34-15-19)5-2-6-28/h3-4,7-8,11-13,19,34H,2,5-6,9-10,14-16H2,1H3/t19-/m0/s1. The Morgan fingerprint density at radius 1 is 1.18 bits per heavy atom. The summed E-state index contributed by atoms with van der Waals surface area (Å²) in [4.78, 5) is 20.2. The Bertz CT molecular complexity index is 1680. The van der Waals surface area contributed by atoms with Crippen LogP contribution in [0.5, 0.6) is 5.75 Å². The highest BCUT2D eigenvalue weighted by Crippen LogP contribution is 2.50. The summed E-state index contributed by atoms with van der Waals surface area (Å²) in [7, 11) is 0. The molecule has 208 valence electrons. The molecule has 1 aromatic carbocycles. The summed E-state index contributed by atoms with van der Waals surface area (Å²) in [6.07, 6.45) is 3.16. The minimum absolute atomic E-state index is 0.156. The van der Waals surface area contributed by atoms with E-state index < -0.39 is 11.7 Å². The number of anilines is 1. The van der Waals surface area contributed by atoms with Crippen LogP contribution in [0.4, 0.5) is 18.9 Å². The Morgan fingerprint density at radius 2 is 2.02 bits per heavy atom. The maximum Gasteiger partial charge on any atom is 0.416 e. The van der Waals surface area contributed by atoms with Crippen molar-refractivity contribution in [3.63, 3.8) is 0 Å². The minimum atomic E-state index is -4.52. The molecule has 1 atom stereocenters. The van der Waals surface area contributed by atoms with E-state index in [1.54, 1.807) is 31.5 Å². The van der Waals surface area contributed by atoms with Gasteiger partial charge in [0.1, 0.15) is 12.4 Å². The van der Waals surface area contributed by atoms with Gasteiger partial charge in [-0.1, -0.05) is 0 Å². The van der Waals surface area contributed by atoms with Crippen LogP contribution in [0.15, 0.2) is 47.5 Å². The van der Waals surface area contributed by atoms with Crippen LogP contribution >= 0.6 is 11.3 Å². The fourth-order valence-corrected chi connectivity index (χ4v) is 7.46. The quantitative estimate of drug-likeness (QED) is 0.357. The molecule has 1 spiro atoms. The molecule has 0 bridgehead atoms. The number of rotatable bonds is 4. The summed E-state index contributed by atoms with van der Waals surface area (Å²) >= 11 is 1.42. The van der Waals surface area contributed by atoms with Gasteiger partial charge >= 0.3 is 6.18 Å². The molecule has 3 aromatic heterocycles. The molecule has 1 aliphatic carbocycles. The van der Waals surface area contributed by atoms with Crippen molar-refractivity contribution in [2.45, 2.75) is 56.9 Å². The molecule has 40 heavy (non-hydrogen) atoms. The topological polar surface area (TPSA) is 72.3 Å².